The molecule has 0 heterocycles. The van der Waals surface area contributed by atoms with E-state index in [1.807, 2.05) is 0 Å². The number of ether oxygens (including phenoxy) is 3. The number of hydrogen-bond donors (Lipinski definition) is 0. The molecule has 0 saturated carbocycles. The molecule has 0 fully saturated rings. The number of alkyl halides is 1. The summed E-state index contributed by atoms with van der Waals surface area (Å²) < 4.78 is 15.1. The molecule has 0 atom stereocenters. The number of carbonyl (C=O) groups is 2. The number of esters is 2. The summed E-state index contributed by atoms with van der Waals surface area (Å²) in [5, 5.41) is 0. The van der Waals surface area contributed by atoms with Crippen molar-refractivity contribution >= 4 is 23.5 Å². The second-order valence-corrected chi connectivity index (χ2v) is 7.45. The maximum absolute atomic E-state index is 11.6. The number of carbonyl (C=O) groups excluding carboxylic acids is 2. The highest BCUT2D eigenvalue weighted by Crippen LogP contribution is 2.13. The zero-order valence-electron chi connectivity index (χ0n) is 17.9. The molecule has 0 aliphatic rings. The summed E-state index contributed by atoms with van der Waals surface area (Å²) in [5.74, 6) is -0.786. The number of unbranched alkanes of at least 4 members (excludes halogenated alkanes) is 12. The summed E-state index contributed by atoms with van der Waals surface area (Å²) in [6.45, 7) is 3.24. The van der Waals surface area contributed by atoms with Crippen molar-refractivity contribution in [3.05, 3.63) is 0 Å². The molecule has 0 aromatic heterocycles. The fraction of sp³-hybridized carbons (Fsp3) is 0.909. The summed E-state index contributed by atoms with van der Waals surface area (Å²) >= 11 is 5.29. The minimum absolute atomic E-state index is 0.156. The van der Waals surface area contributed by atoms with E-state index in [2.05, 4.69) is 6.92 Å². The van der Waals surface area contributed by atoms with Crippen LogP contribution in [-0.4, -0.2) is 44.2 Å². The molecule has 0 spiro atoms. The lowest BCUT2D eigenvalue weighted by molar-refractivity contribution is -0.145. The van der Waals surface area contributed by atoms with E-state index in [0.717, 1.165) is 12.8 Å². The molecule has 5 nitrogen and oxygen atoms in total. The standard InChI is InChI=1S/C22H41ClO5/c1-2-3-4-5-6-7-8-9-10-11-12-13-14-15-21(24)27-18-16-26-17-19-28-22(25)20-23/h2-20H2,1H3. The highest BCUT2D eigenvalue weighted by Gasteiger charge is 2.03. The van der Waals surface area contributed by atoms with Crippen LogP contribution in [0.5, 0.6) is 0 Å². The quantitative estimate of drug-likeness (QED) is 0.133. The lowest BCUT2D eigenvalue weighted by Crippen LogP contribution is -2.14. The lowest BCUT2D eigenvalue weighted by Gasteiger charge is -2.07. The second-order valence-electron chi connectivity index (χ2n) is 7.18. The summed E-state index contributed by atoms with van der Waals surface area (Å²) in [6.07, 6.45) is 17.3. The molecule has 0 unspecified atom stereocenters. The molecular formula is C22H41ClO5. The fourth-order valence-corrected chi connectivity index (χ4v) is 3.01. The molecule has 0 aromatic rings. The van der Waals surface area contributed by atoms with E-state index in [4.69, 9.17) is 25.8 Å². The molecular weight excluding hydrogens is 380 g/mol. The fourth-order valence-electron chi connectivity index (χ4n) is 2.93. The van der Waals surface area contributed by atoms with Crippen molar-refractivity contribution in [1.29, 1.82) is 0 Å². The van der Waals surface area contributed by atoms with Gasteiger partial charge in [0.15, 0.2) is 0 Å². The molecule has 28 heavy (non-hydrogen) atoms. The third kappa shape index (κ3) is 21.5. The van der Waals surface area contributed by atoms with Crippen LogP contribution >= 0.6 is 11.6 Å². The van der Waals surface area contributed by atoms with Crippen LogP contribution in [0.15, 0.2) is 0 Å². The van der Waals surface area contributed by atoms with Crippen LogP contribution in [0.4, 0.5) is 0 Å². The van der Waals surface area contributed by atoms with Gasteiger partial charge in [0.05, 0.1) is 13.2 Å². The Labute approximate surface area is 176 Å². The first-order chi connectivity index (χ1) is 13.7. The monoisotopic (exact) mass is 420 g/mol. The maximum Gasteiger partial charge on any atom is 0.320 e. The van der Waals surface area contributed by atoms with E-state index in [9.17, 15) is 9.59 Å². The van der Waals surface area contributed by atoms with Crippen LogP contribution < -0.4 is 0 Å². The van der Waals surface area contributed by atoms with Crippen LogP contribution in [0, 0.1) is 0 Å². The van der Waals surface area contributed by atoms with Crippen molar-refractivity contribution in [2.24, 2.45) is 0 Å². The Kier molecular flexibility index (Phi) is 21.8. The van der Waals surface area contributed by atoms with Crippen molar-refractivity contribution < 1.29 is 23.8 Å². The van der Waals surface area contributed by atoms with Gasteiger partial charge in [-0.15, -0.1) is 11.6 Å². The Hall–Kier alpha value is -0.810. The van der Waals surface area contributed by atoms with Crippen LogP contribution in [0.1, 0.15) is 96.8 Å². The highest BCUT2D eigenvalue weighted by molar-refractivity contribution is 6.26. The van der Waals surface area contributed by atoms with Crippen molar-refractivity contribution in [3.63, 3.8) is 0 Å². The first-order valence-electron chi connectivity index (χ1n) is 11.2. The van der Waals surface area contributed by atoms with Crippen molar-refractivity contribution in [2.45, 2.75) is 96.8 Å². The van der Waals surface area contributed by atoms with Crippen LogP contribution in [0.25, 0.3) is 0 Å². The zero-order valence-corrected chi connectivity index (χ0v) is 18.6. The first-order valence-corrected chi connectivity index (χ1v) is 11.7. The third-order valence-electron chi connectivity index (χ3n) is 4.58. The Morgan fingerprint density at radius 3 is 1.50 bits per heavy atom. The molecule has 0 N–H and O–H groups in total. The predicted octanol–water partition coefficient (Wildman–Crippen LogP) is 5.81. The van der Waals surface area contributed by atoms with E-state index in [1.165, 1.54) is 70.6 Å². The van der Waals surface area contributed by atoms with Crippen molar-refractivity contribution in [1.82, 2.24) is 0 Å². The Morgan fingerprint density at radius 2 is 1.04 bits per heavy atom. The minimum Gasteiger partial charge on any atom is -0.463 e. The second kappa shape index (κ2) is 22.5. The van der Waals surface area contributed by atoms with E-state index in [0.29, 0.717) is 13.0 Å². The first kappa shape index (κ1) is 27.2. The minimum atomic E-state index is -0.463. The Balaban J connectivity index is 3.18. The van der Waals surface area contributed by atoms with Crippen LogP contribution in [0.2, 0.25) is 0 Å². The van der Waals surface area contributed by atoms with Crippen LogP contribution in [0.3, 0.4) is 0 Å². The van der Waals surface area contributed by atoms with E-state index < -0.39 is 5.97 Å². The molecule has 6 heteroatoms. The summed E-state index contributed by atoms with van der Waals surface area (Å²) in [4.78, 5) is 22.4. The van der Waals surface area contributed by atoms with Gasteiger partial charge in [-0.05, 0) is 6.42 Å². The molecule has 0 saturated heterocycles. The average Bonchev–Trinajstić information content (AvgIpc) is 2.70. The Morgan fingerprint density at radius 1 is 0.607 bits per heavy atom. The van der Waals surface area contributed by atoms with Gasteiger partial charge in [-0.3, -0.25) is 9.59 Å². The molecule has 0 aliphatic heterocycles. The molecule has 0 amide bonds. The lowest BCUT2D eigenvalue weighted by atomic mass is 10.0. The van der Waals surface area contributed by atoms with Gasteiger partial charge in [-0.1, -0.05) is 84.0 Å². The average molecular weight is 421 g/mol. The smallest absolute Gasteiger partial charge is 0.320 e. The van der Waals surface area contributed by atoms with Crippen LogP contribution in [-0.2, 0) is 23.8 Å². The summed E-state index contributed by atoms with van der Waals surface area (Å²) in [6, 6.07) is 0. The predicted molar refractivity (Wildman–Crippen MR) is 114 cm³/mol. The van der Waals surface area contributed by atoms with Gasteiger partial charge in [-0.25, -0.2) is 0 Å². The highest BCUT2D eigenvalue weighted by atomic mass is 35.5. The zero-order chi connectivity index (χ0) is 20.7. The molecule has 0 bridgehead atoms. The van der Waals surface area contributed by atoms with Gasteiger partial charge >= 0.3 is 11.9 Å². The molecule has 0 aromatic carbocycles. The van der Waals surface area contributed by atoms with Gasteiger partial charge in [0.25, 0.3) is 0 Å². The molecule has 166 valence electrons. The van der Waals surface area contributed by atoms with E-state index in [1.54, 1.807) is 0 Å². The summed E-state index contributed by atoms with van der Waals surface area (Å²) in [5.41, 5.74) is 0. The SMILES string of the molecule is CCCCCCCCCCCCCCCC(=O)OCCOCCOC(=O)CCl. The van der Waals surface area contributed by atoms with E-state index in [-0.39, 0.29) is 31.7 Å². The molecule has 0 radical (unpaired) electrons. The van der Waals surface area contributed by atoms with Crippen molar-refractivity contribution in [2.75, 3.05) is 32.3 Å². The number of hydrogen-bond acceptors (Lipinski definition) is 5. The van der Waals surface area contributed by atoms with Gasteiger partial charge in [0.1, 0.15) is 19.1 Å². The normalized spacial score (nSPS) is 10.8. The van der Waals surface area contributed by atoms with Gasteiger partial charge in [0.2, 0.25) is 0 Å². The maximum atomic E-state index is 11.6. The molecule has 0 rings (SSSR count). The number of halogens is 1. The van der Waals surface area contributed by atoms with Gasteiger partial charge in [0, 0.05) is 6.42 Å². The van der Waals surface area contributed by atoms with E-state index >= 15 is 0 Å². The third-order valence-corrected chi connectivity index (χ3v) is 4.79. The number of rotatable bonds is 21. The molecule has 0 aliphatic carbocycles. The summed E-state index contributed by atoms with van der Waals surface area (Å²) in [7, 11) is 0. The topological polar surface area (TPSA) is 61.8 Å². The largest absolute Gasteiger partial charge is 0.463 e. The Bertz CT molecular complexity index is 363. The van der Waals surface area contributed by atoms with Gasteiger partial charge in [-0.2, -0.15) is 0 Å². The van der Waals surface area contributed by atoms with Gasteiger partial charge < -0.3 is 14.2 Å². The van der Waals surface area contributed by atoms with Crippen molar-refractivity contribution in [3.8, 4) is 0 Å².